The number of rotatable bonds is 6. The number of aromatic nitrogens is 1. The van der Waals surface area contributed by atoms with Gasteiger partial charge in [-0.1, -0.05) is 18.2 Å². The summed E-state index contributed by atoms with van der Waals surface area (Å²) in [6, 6.07) is 12.9. The average molecular weight is 484 g/mol. The Bertz CT molecular complexity index is 1290. The van der Waals surface area contributed by atoms with Crippen LogP contribution in [-0.2, 0) is 17.4 Å². The molecular formula is C25H23F3N4O3. The van der Waals surface area contributed by atoms with Gasteiger partial charge in [-0.15, -0.1) is 0 Å². The fourth-order valence-corrected chi connectivity index (χ4v) is 4.53. The minimum absolute atomic E-state index is 0.0260. The molecule has 5 rings (SSSR count). The van der Waals surface area contributed by atoms with Crippen LogP contribution >= 0.6 is 0 Å². The Morgan fingerprint density at radius 2 is 1.97 bits per heavy atom. The van der Waals surface area contributed by atoms with Crippen molar-refractivity contribution in [1.29, 1.82) is 0 Å². The molecule has 1 aromatic heterocycles. The minimum Gasteiger partial charge on any atom is -0.438 e. The Morgan fingerprint density at radius 3 is 2.74 bits per heavy atom. The van der Waals surface area contributed by atoms with Gasteiger partial charge in [0.05, 0.1) is 0 Å². The van der Waals surface area contributed by atoms with Crippen LogP contribution in [-0.4, -0.2) is 29.9 Å². The van der Waals surface area contributed by atoms with Gasteiger partial charge in [-0.05, 0) is 61.1 Å². The van der Waals surface area contributed by atoms with Gasteiger partial charge in [0.15, 0.2) is 12.1 Å². The van der Waals surface area contributed by atoms with Gasteiger partial charge in [-0.25, -0.2) is 4.98 Å². The molecule has 0 bridgehead atoms. The molecule has 182 valence electrons. The van der Waals surface area contributed by atoms with Gasteiger partial charge < -0.3 is 20.0 Å². The first-order valence-corrected chi connectivity index (χ1v) is 11.3. The maximum Gasteiger partial charge on any atom is 0.437 e. The summed E-state index contributed by atoms with van der Waals surface area (Å²) in [5, 5.41) is 5.48. The van der Waals surface area contributed by atoms with E-state index in [1.165, 1.54) is 0 Å². The molecule has 0 spiro atoms. The van der Waals surface area contributed by atoms with Crippen molar-refractivity contribution in [2.75, 3.05) is 28.6 Å². The predicted molar refractivity (Wildman–Crippen MR) is 123 cm³/mol. The number of halogens is 3. The number of hydrogen-bond donors (Lipinski definition) is 2. The number of para-hydroxylation sites is 1. The monoisotopic (exact) mass is 484 g/mol. The number of anilines is 3. The van der Waals surface area contributed by atoms with Crippen molar-refractivity contribution in [3.63, 3.8) is 0 Å². The number of alkyl halides is 3. The largest absolute Gasteiger partial charge is 0.438 e. The summed E-state index contributed by atoms with van der Waals surface area (Å²) in [4.78, 5) is 30.3. The molecule has 2 aliphatic rings. The molecule has 0 saturated heterocycles. The van der Waals surface area contributed by atoms with Crippen LogP contribution < -0.4 is 15.5 Å². The number of oxazole rings is 1. The van der Waals surface area contributed by atoms with Crippen molar-refractivity contribution in [3.05, 3.63) is 71.4 Å². The Kier molecular flexibility index (Phi) is 5.74. The SMILES string of the molecule is Cc1ccccc1NC(=O)C1CC1CN1CCc2cc(NC(=O)c3ocnc3C(F)(F)F)ccc21. The van der Waals surface area contributed by atoms with E-state index in [0.29, 0.717) is 12.1 Å². The highest BCUT2D eigenvalue weighted by atomic mass is 19.4. The first-order chi connectivity index (χ1) is 16.7. The van der Waals surface area contributed by atoms with E-state index >= 15 is 0 Å². The lowest BCUT2D eigenvalue weighted by Gasteiger charge is -2.20. The van der Waals surface area contributed by atoms with Gasteiger partial charge in [0, 0.05) is 36.1 Å². The first kappa shape index (κ1) is 22.9. The summed E-state index contributed by atoms with van der Waals surface area (Å²) < 4.78 is 43.6. The second-order valence-corrected chi connectivity index (χ2v) is 8.93. The van der Waals surface area contributed by atoms with Crippen molar-refractivity contribution in [1.82, 2.24) is 4.98 Å². The number of aryl methyl sites for hydroxylation is 1. The van der Waals surface area contributed by atoms with Crippen molar-refractivity contribution in [2.24, 2.45) is 11.8 Å². The summed E-state index contributed by atoms with van der Waals surface area (Å²) in [6.45, 7) is 3.48. The third kappa shape index (κ3) is 4.73. The highest BCUT2D eigenvalue weighted by Gasteiger charge is 2.44. The zero-order chi connectivity index (χ0) is 24.7. The van der Waals surface area contributed by atoms with Gasteiger partial charge in [-0.3, -0.25) is 9.59 Å². The smallest absolute Gasteiger partial charge is 0.437 e. The van der Waals surface area contributed by atoms with Gasteiger partial charge in [0.25, 0.3) is 5.91 Å². The molecule has 7 nitrogen and oxygen atoms in total. The van der Waals surface area contributed by atoms with Crippen LogP contribution in [0, 0.1) is 18.8 Å². The maximum absolute atomic E-state index is 13.0. The highest BCUT2D eigenvalue weighted by molar-refractivity contribution is 6.03. The van der Waals surface area contributed by atoms with E-state index in [9.17, 15) is 22.8 Å². The molecule has 3 aromatic rings. The molecule has 2 unspecified atom stereocenters. The molecule has 10 heteroatoms. The lowest BCUT2D eigenvalue weighted by Crippen LogP contribution is -2.25. The number of benzene rings is 2. The van der Waals surface area contributed by atoms with Gasteiger partial charge >= 0.3 is 6.18 Å². The van der Waals surface area contributed by atoms with E-state index in [1.807, 2.05) is 37.3 Å². The Hall–Kier alpha value is -3.82. The van der Waals surface area contributed by atoms with E-state index in [-0.39, 0.29) is 17.7 Å². The fourth-order valence-electron chi connectivity index (χ4n) is 4.53. The number of nitrogens with zero attached hydrogens (tertiary/aromatic N) is 2. The topological polar surface area (TPSA) is 87.5 Å². The molecule has 1 saturated carbocycles. The number of hydrogen-bond acceptors (Lipinski definition) is 5. The standard InChI is InChI=1S/C25H23F3N4O3/c1-14-4-2-3-5-19(14)31-23(33)18-11-16(18)12-32-9-8-15-10-17(6-7-20(15)32)30-24(34)21-22(25(26,27)28)29-13-35-21/h2-7,10,13,16,18H,8-9,11-12H2,1H3,(H,30,34)(H,31,33). The summed E-state index contributed by atoms with van der Waals surface area (Å²) in [6.07, 6.45) is -2.61. The first-order valence-electron chi connectivity index (χ1n) is 11.3. The van der Waals surface area contributed by atoms with Crippen LogP contribution in [0.1, 0.15) is 33.8 Å². The minimum atomic E-state index is -4.78. The second kappa shape index (κ2) is 8.75. The molecule has 2 heterocycles. The average Bonchev–Trinajstić information content (AvgIpc) is 3.20. The van der Waals surface area contributed by atoms with Crippen LogP contribution in [0.25, 0.3) is 0 Å². The molecular weight excluding hydrogens is 461 g/mol. The number of fused-ring (bicyclic) bond motifs is 1. The maximum atomic E-state index is 13.0. The second-order valence-electron chi connectivity index (χ2n) is 8.93. The molecule has 2 atom stereocenters. The lowest BCUT2D eigenvalue weighted by atomic mass is 10.1. The van der Waals surface area contributed by atoms with E-state index in [4.69, 9.17) is 0 Å². The van der Waals surface area contributed by atoms with Crippen LogP contribution in [0.4, 0.5) is 30.2 Å². The molecule has 2 aromatic carbocycles. The zero-order valence-electron chi connectivity index (χ0n) is 18.9. The Balaban J connectivity index is 1.19. The van der Waals surface area contributed by atoms with Crippen molar-refractivity contribution >= 4 is 28.9 Å². The van der Waals surface area contributed by atoms with Crippen LogP contribution in [0.3, 0.4) is 0 Å². The fraction of sp³-hybridized carbons (Fsp3) is 0.320. The van der Waals surface area contributed by atoms with E-state index < -0.39 is 23.5 Å². The number of carbonyl (C=O) groups is 2. The molecule has 35 heavy (non-hydrogen) atoms. The van der Waals surface area contributed by atoms with Crippen molar-refractivity contribution in [3.8, 4) is 0 Å². The number of carbonyl (C=O) groups excluding carboxylic acids is 2. The van der Waals surface area contributed by atoms with Crippen LogP contribution in [0.2, 0.25) is 0 Å². The number of nitrogens with one attached hydrogen (secondary N) is 2. The molecule has 2 amide bonds. The Labute approximate surface area is 199 Å². The summed E-state index contributed by atoms with van der Waals surface area (Å²) >= 11 is 0. The quantitative estimate of drug-likeness (QED) is 0.520. The van der Waals surface area contributed by atoms with E-state index in [2.05, 4.69) is 24.9 Å². The van der Waals surface area contributed by atoms with Crippen LogP contribution in [0.15, 0.2) is 53.3 Å². The van der Waals surface area contributed by atoms with Crippen molar-refractivity contribution in [2.45, 2.75) is 25.9 Å². The highest BCUT2D eigenvalue weighted by Crippen LogP contribution is 2.42. The molecule has 1 aliphatic carbocycles. The summed E-state index contributed by atoms with van der Waals surface area (Å²) in [7, 11) is 0. The third-order valence-electron chi connectivity index (χ3n) is 6.49. The van der Waals surface area contributed by atoms with Crippen molar-refractivity contribution < 1.29 is 27.2 Å². The van der Waals surface area contributed by atoms with E-state index in [0.717, 1.165) is 48.4 Å². The molecule has 1 fully saturated rings. The van der Waals surface area contributed by atoms with Gasteiger partial charge in [0.1, 0.15) is 0 Å². The van der Waals surface area contributed by atoms with E-state index in [1.54, 1.807) is 12.1 Å². The van der Waals surface area contributed by atoms with Gasteiger partial charge in [-0.2, -0.15) is 13.2 Å². The predicted octanol–water partition coefficient (Wildman–Crippen LogP) is 4.89. The van der Waals surface area contributed by atoms with Crippen LogP contribution in [0.5, 0.6) is 0 Å². The number of amides is 2. The zero-order valence-corrected chi connectivity index (χ0v) is 18.9. The van der Waals surface area contributed by atoms with Gasteiger partial charge in [0.2, 0.25) is 11.7 Å². The molecule has 0 radical (unpaired) electrons. The summed E-state index contributed by atoms with van der Waals surface area (Å²) in [5.74, 6) is -1.61. The normalized spacial score (nSPS) is 18.8. The lowest BCUT2D eigenvalue weighted by molar-refractivity contribution is -0.141. The molecule has 2 N–H and O–H groups in total. The summed E-state index contributed by atoms with van der Waals surface area (Å²) in [5.41, 5.74) is 2.86. The Morgan fingerprint density at radius 1 is 1.17 bits per heavy atom. The third-order valence-corrected chi connectivity index (χ3v) is 6.49. The molecule has 1 aliphatic heterocycles.